The van der Waals surface area contributed by atoms with Crippen molar-refractivity contribution in [1.82, 2.24) is 15.1 Å². The largest absolute Gasteiger partial charge is 0.409 e. The van der Waals surface area contributed by atoms with Crippen molar-refractivity contribution in [2.24, 2.45) is 10.9 Å². The Morgan fingerprint density at radius 3 is 2.55 bits per heavy atom. The van der Waals surface area contributed by atoms with Gasteiger partial charge in [-0.2, -0.15) is 0 Å². The van der Waals surface area contributed by atoms with Crippen LogP contribution in [-0.4, -0.2) is 78.9 Å². The van der Waals surface area contributed by atoms with E-state index in [4.69, 9.17) is 15.7 Å². The highest BCUT2D eigenvalue weighted by Crippen LogP contribution is 2.10. The standard InChI is InChI=1S/C12H23N5O3/c13-11(15-19)9-16-3-1-10(2-4-16)14-12(18)17-5-7-20-8-6-17/h10,19H,1-9H2,(H2,13,15)(H,14,18). The molecule has 0 unspecified atom stereocenters. The smallest absolute Gasteiger partial charge is 0.317 e. The minimum absolute atomic E-state index is 0.00295. The van der Waals surface area contributed by atoms with Gasteiger partial charge in [0.1, 0.15) is 0 Å². The normalized spacial score (nSPS) is 22.8. The molecule has 2 saturated heterocycles. The van der Waals surface area contributed by atoms with E-state index in [-0.39, 0.29) is 17.9 Å². The maximum absolute atomic E-state index is 12.0. The zero-order valence-corrected chi connectivity index (χ0v) is 11.6. The summed E-state index contributed by atoms with van der Waals surface area (Å²) in [6.07, 6.45) is 1.77. The van der Waals surface area contributed by atoms with Crippen molar-refractivity contribution in [2.75, 3.05) is 45.9 Å². The highest BCUT2D eigenvalue weighted by molar-refractivity contribution is 5.81. The van der Waals surface area contributed by atoms with Gasteiger partial charge in [0, 0.05) is 32.2 Å². The van der Waals surface area contributed by atoms with E-state index < -0.39 is 0 Å². The zero-order chi connectivity index (χ0) is 14.4. The van der Waals surface area contributed by atoms with Crippen molar-refractivity contribution in [3.05, 3.63) is 0 Å². The summed E-state index contributed by atoms with van der Waals surface area (Å²) in [5.74, 6) is 0.223. The van der Waals surface area contributed by atoms with Crippen LogP contribution in [0.2, 0.25) is 0 Å². The second-order valence-corrected chi connectivity index (χ2v) is 5.19. The first-order valence-electron chi connectivity index (χ1n) is 7.01. The van der Waals surface area contributed by atoms with Crippen LogP contribution in [-0.2, 0) is 4.74 Å². The van der Waals surface area contributed by atoms with Gasteiger partial charge < -0.3 is 25.9 Å². The highest BCUT2D eigenvalue weighted by Gasteiger charge is 2.24. The topological polar surface area (TPSA) is 103 Å². The molecular weight excluding hydrogens is 262 g/mol. The molecule has 0 aromatic rings. The summed E-state index contributed by atoms with van der Waals surface area (Å²) >= 11 is 0. The number of hydrogen-bond acceptors (Lipinski definition) is 5. The Labute approximate surface area is 118 Å². The average Bonchev–Trinajstić information content (AvgIpc) is 2.50. The Bertz CT molecular complexity index is 349. The summed E-state index contributed by atoms with van der Waals surface area (Å²) in [7, 11) is 0. The lowest BCUT2D eigenvalue weighted by molar-refractivity contribution is 0.0517. The number of amides is 2. The number of nitrogens with zero attached hydrogens (tertiary/aromatic N) is 3. The molecule has 0 saturated carbocycles. The Balaban J connectivity index is 1.69. The van der Waals surface area contributed by atoms with Crippen molar-refractivity contribution in [3.63, 3.8) is 0 Å². The molecule has 114 valence electrons. The molecule has 2 aliphatic rings. The molecule has 0 radical (unpaired) electrons. The molecule has 8 heteroatoms. The zero-order valence-electron chi connectivity index (χ0n) is 11.6. The second kappa shape index (κ2) is 7.30. The van der Waals surface area contributed by atoms with E-state index in [0.29, 0.717) is 32.8 Å². The molecule has 2 aliphatic heterocycles. The number of urea groups is 1. The summed E-state index contributed by atoms with van der Waals surface area (Å²) in [5.41, 5.74) is 5.49. The molecule has 2 fully saturated rings. The number of ether oxygens (including phenoxy) is 1. The minimum atomic E-state index is 0.00295. The molecule has 0 spiro atoms. The minimum Gasteiger partial charge on any atom is -0.409 e. The summed E-state index contributed by atoms with van der Waals surface area (Å²) in [5, 5.41) is 14.6. The van der Waals surface area contributed by atoms with Gasteiger partial charge in [0.25, 0.3) is 0 Å². The summed E-state index contributed by atoms with van der Waals surface area (Å²) in [6.45, 7) is 4.70. The fourth-order valence-electron chi connectivity index (χ4n) is 2.53. The number of nitrogens with one attached hydrogen (secondary N) is 1. The van der Waals surface area contributed by atoms with Crippen molar-refractivity contribution < 1.29 is 14.7 Å². The average molecular weight is 285 g/mol. The van der Waals surface area contributed by atoms with E-state index >= 15 is 0 Å². The molecule has 0 aromatic heterocycles. The Morgan fingerprint density at radius 1 is 1.30 bits per heavy atom. The fraction of sp³-hybridized carbons (Fsp3) is 0.833. The first kappa shape index (κ1) is 14.9. The van der Waals surface area contributed by atoms with E-state index in [1.807, 2.05) is 0 Å². The molecule has 0 atom stereocenters. The van der Waals surface area contributed by atoms with Crippen LogP contribution in [0.5, 0.6) is 0 Å². The van der Waals surface area contributed by atoms with Crippen molar-refractivity contribution in [1.29, 1.82) is 0 Å². The van der Waals surface area contributed by atoms with Gasteiger partial charge in [0.2, 0.25) is 0 Å². The predicted octanol–water partition coefficient (Wildman–Crippen LogP) is -0.761. The van der Waals surface area contributed by atoms with Crippen LogP contribution in [0.25, 0.3) is 0 Å². The van der Waals surface area contributed by atoms with E-state index in [0.717, 1.165) is 25.9 Å². The van der Waals surface area contributed by atoms with Crippen LogP contribution in [0.4, 0.5) is 4.79 Å². The number of carbonyl (C=O) groups is 1. The van der Waals surface area contributed by atoms with Gasteiger partial charge >= 0.3 is 6.03 Å². The number of amidine groups is 1. The van der Waals surface area contributed by atoms with Gasteiger partial charge in [0.15, 0.2) is 5.84 Å². The molecule has 8 nitrogen and oxygen atoms in total. The van der Waals surface area contributed by atoms with E-state index in [1.165, 1.54) is 0 Å². The van der Waals surface area contributed by atoms with E-state index in [2.05, 4.69) is 15.4 Å². The third-order valence-corrected chi connectivity index (χ3v) is 3.73. The van der Waals surface area contributed by atoms with Crippen LogP contribution in [0.1, 0.15) is 12.8 Å². The van der Waals surface area contributed by atoms with Crippen LogP contribution in [0.3, 0.4) is 0 Å². The Kier molecular flexibility index (Phi) is 5.42. The van der Waals surface area contributed by atoms with Crippen molar-refractivity contribution in [3.8, 4) is 0 Å². The SMILES string of the molecule is NC(CN1CCC(NC(=O)N2CCOCC2)CC1)=NO. The van der Waals surface area contributed by atoms with Gasteiger partial charge in [-0.25, -0.2) is 4.79 Å². The number of nitrogens with two attached hydrogens (primary N) is 1. The van der Waals surface area contributed by atoms with Gasteiger partial charge in [0.05, 0.1) is 19.8 Å². The van der Waals surface area contributed by atoms with Gasteiger partial charge in [-0.15, -0.1) is 0 Å². The van der Waals surface area contributed by atoms with E-state index in [1.54, 1.807) is 4.90 Å². The third kappa shape index (κ3) is 4.24. The number of rotatable bonds is 3. The quantitative estimate of drug-likeness (QED) is 0.274. The van der Waals surface area contributed by atoms with Crippen molar-refractivity contribution in [2.45, 2.75) is 18.9 Å². The molecule has 2 heterocycles. The first-order valence-corrected chi connectivity index (χ1v) is 7.01. The lowest BCUT2D eigenvalue weighted by atomic mass is 10.1. The molecule has 0 bridgehead atoms. The van der Waals surface area contributed by atoms with E-state index in [9.17, 15) is 4.79 Å². The lowest BCUT2D eigenvalue weighted by Gasteiger charge is -2.34. The summed E-state index contributed by atoms with van der Waals surface area (Å²) in [4.78, 5) is 16.0. The van der Waals surface area contributed by atoms with Gasteiger partial charge in [-0.1, -0.05) is 5.16 Å². The molecule has 2 rings (SSSR count). The van der Waals surface area contributed by atoms with Gasteiger partial charge in [-0.05, 0) is 12.8 Å². The second-order valence-electron chi connectivity index (χ2n) is 5.19. The number of hydrogen-bond donors (Lipinski definition) is 3. The van der Waals surface area contributed by atoms with Crippen molar-refractivity contribution >= 4 is 11.9 Å². The maximum atomic E-state index is 12.0. The lowest BCUT2D eigenvalue weighted by Crippen LogP contribution is -2.52. The summed E-state index contributed by atoms with van der Waals surface area (Å²) in [6, 6.07) is 0.206. The monoisotopic (exact) mass is 285 g/mol. The van der Waals surface area contributed by atoms with Crippen LogP contribution >= 0.6 is 0 Å². The third-order valence-electron chi connectivity index (χ3n) is 3.73. The molecule has 4 N–H and O–H groups in total. The number of morpholine rings is 1. The highest BCUT2D eigenvalue weighted by atomic mass is 16.5. The summed E-state index contributed by atoms with van der Waals surface area (Å²) < 4.78 is 5.23. The number of carbonyl (C=O) groups excluding carboxylic acids is 1. The molecule has 20 heavy (non-hydrogen) atoms. The maximum Gasteiger partial charge on any atom is 0.317 e. The van der Waals surface area contributed by atoms with Crippen LogP contribution < -0.4 is 11.1 Å². The first-order chi connectivity index (χ1) is 9.69. The molecular formula is C12H23N5O3. The molecule has 0 aliphatic carbocycles. The van der Waals surface area contributed by atoms with Crippen LogP contribution in [0.15, 0.2) is 5.16 Å². The number of likely N-dealkylation sites (tertiary alicyclic amines) is 1. The number of piperidine rings is 1. The molecule has 0 aromatic carbocycles. The Morgan fingerprint density at radius 2 is 1.95 bits per heavy atom. The fourth-order valence-corrected chi connectivity index (χ4v) is 2.53. The number of oxime groups is 1. The van der Waals surface area contributed by atoms with Crippen LogP contribution in [0, 0.1) is 0 Å². The molecule has 2 amide bonds. The van der Waals surface area contributed by atoms with Gasteiger partial charge in [-0.3, -0.25) is 4.90 Å². The predicted molar refractivity (Wildman–Crippen MR) is 73.8 cm³/mol. The Hall–Kier alpha value is -1.54.